The largest absolute Gasteiger partial charge is 0.336 e. The Morgan fingerprint density at radius 1 is 1.24 bits per heavy atom. The molecule has 0 unspecified atom stereocenters. The van der Waals surface area contributed by atoms with E-state index in [9.17, 15) is 4.79 Å². The summed E-state index contributed by atoms with van der Waals surface area (Å²) >= 11 is 11.8. The summed E-state index contributed by atoms with van der Waals surface area (Å²) in [4.78, 5) is 13.9. The van der Waals surface area contributed by atoms with Gasteiger partial charge < -0.3 is 10.2 Å². The van der Waals surface area contributed by atoms with Crippen LogP contribution in [0, 0.1) is 0 Å². The molecule has 1 aliphatic heterocycles. The predicted molar refractivity (Wildman–Crippen MR) is 72.5 cm³/mol. The van der Waals surface area contributed by atoms with Crippen LogP contribution in [0.1, 0.15) is 10.4 Å². The molecule has 0 radical (unpaired) electrons. The molecule has 1 N–H and O–H groups in total. The molecule has 0 aromatic heterocycles. The van der Waals surface area contributed by atoms with Crippen molar-refractivity contribution in [1.29, 1.82) is 0 Å². The van der Waals surface area contributed by atoms with E-state index < -0.39 is 0 Å². The number of amides is 1. The minimum absolute atomic E-state index is 0. The number of halogens is 3. The molecule has 6 heteroatoms. The van der Waals surface area contributed by atoms with Crippen LogP contribution in [0.5, 0.6) is 0 Å². The van der Waals surface area contributed by atoms with E-state index in [2.05, 4.69) is 5.32 Å². The summed E-state index contributed by atoms with van der Waals surface area (Å²) in [5, 5.41) is 4.18. The van der Waals surface area contributed by atoms with Gasteiger partial charge in [-0.2, -0.15) is 0 Å². The Balaban J connectivity index is 0.00000144. The molecule has 0 spiro atoms. The van der Waals surface area contributed by atoms with Gasteiger partial charge in [0.25, 0.3) is 5.91 Å². The van der Waals surface area contributed by atoms with Crippen LogP contribution in [0.4, 0.5) is 0 Å². The number of hydrogen-bond acceptors (Lipinski definition) is 2. The maximum atomic E-state index is 12.1. The van der Waals surface area contributed by atoms with Crippen LogP contribution in [-0.2, 0) is 0 Å². The van der Waals surface area contributed by atoms with E-state index in [-0.39, 0.29) is 18.3 Å². The third kappa shape index (κ3) is 3.49. The van der Waals surface area contributed by atoms with E-state index in [0.717, 1.165) is 13.1 Å². The second-order valence-corrected chi connectivity index (χ2v) is 4.51. The van der Waals surface area contributed by atoms with Gasteiger partial charge >= 0.3 is 0 Å². The van der Waals surface area contributed by atoms with Gasteiger partial charge in [0.2, 0.25) is 0 Å². The molecule has 1 amide bonds. The molecule has 1 aromatic rings. The first-order valence-electron chi connectivity index (χ1n) is 5.13. The number of rotatable bonds is 1. The lowest BCUT2D eigenvalue weighted by atomic mass is 10.2. The van der Waals surface area contributed by atoms with E-state index in [0.29, 0.717) is 28.7 Å². The maximum absolute atomic E-state index is 12.1. The highest BCUT2D eigenvalue weighted by Gasteiger charge is 2.20. The summed E-state index contributed by atoms with van der Waals surface area (Å²) in [5.41, 5.74) is 0.482. The molecule has 0 saturated carbocycles. The molecule has 1 saturated heterocycles. The predicted octanol–water partition coefficient (Wildman–Crippen LogP) is 2.46. The van der Waals surface area contributed by atoms with Gasteiger partial charge in [0.05, 0.1) is 10.6 Å². The highest BCUT2D eigenvalue weighted by molar-refractivity contribution is 6.35. The lowest BCUT2D eigenvalue weighted by Gasteiger charge is -2.27. The van der Waals surface area contributed by atoms with Gasteiger partial charge in [-0.3, -0.25) is 4.79 Å². The average Bonchev–Trinajstić information content (AvgIpc) is 2.32. The van der Waals surface area contributed by atoms with Gasteiger partial charge in [-0.25, -0.2) is 0 Å². The SMILES string of the molecule is Cl.O=C(c1cc(Cl)ccc1Cl)N1CCNCC1. The van der Waals surface area contributed by atoms with Crippen molar-refractivity contribution in [3.05, 3.63) is 33.8 Å². The molecule has 3 nitrogen and oxygen atoms in total. The van der Waals surface area contributed by atoms with Gasteiger partial charge in [0, 0.05) is 31.2 Å². The molecule has 1 heterocycles. The van der Waals surface area contributed by atoms with Crippen LogP contribution in [-0.4, -0.2) is 37.0 Å². The minimum atomic E-state index is -0.0472. The van der Waals surface area contributed by atoms with Crippen LogP contribution < -0.4 is 5.32 Å². The Morgan fingerprint density at radius 2 is 1.88 bits per heavy atom. The molecule has 1 fully saturated rings. The lowest BCUT2D eigenvalue weighted by Crippen LogP contribution is -2.46. The second-order valence-electron chi connectivity index (χ2n) is 3.67. The van der Waals surface area contributed by atoms with Crippen LogP contribution in [0.15, 0.2) is 18.2 Å². The Labute approximate surface area is 116 Å². The number of carbonyl (C=O) groups excluding carboxylic acids is 1. The van der Waals surface area contributed by atoms with Crippen LogP contribution in [0.25, 0.3) is 0 Å². The standard InChI is InChI=1S/C11H12Cl2N2O.ClH/c12-8-1-2-10(13)9(7-8)11(16)15-5-3-14-4-6-15;/h1-2,7,14H,3-6H2;1H. The summed E-state index contributed by atoms with van der Waals surface area (Å²) in [5.74, 6) is -0.0472. The van der Waals surface area contributed by atoms with Crippen LogP contribution in [0.2, 0.25) is 10.0 Å². The molecule has 0 bridgehead atoms. The van der Waals surface area contributed by atoms with E-state index in [1.807, 2.05) is 0 Å². The van der Waals surface area contributed by atoms with Crippen molar-refractivity contribution in [2.75, 3.05) is 26.2 Å². The molecule has 0 aliphatic carbocycles. The fourth-order valence-electron chi connectivity index (χ4n) is 1.70. The van der Waals surface area contributed by atoms with Gasteiger partial charge in [-0.15, -0.1) is 12.4 Å². The summed E-state index contributed by atoms with van der Waals surface area (Å²) in [6.45, 7) is 3.07. The van der Waals surface area contributed by atoms with Crippen molar-refractivity contribution < 1.29 is 4.79 Å². The summed E-state index contributed by atoms with van der Waals surface area (Å²) in [6, 6.07) is 4.95. The Bertz CT molecular complexity index is 406. The lowest BCUT2D eigenvalue weighted by molar-refractivity contribution is 0.0736. The number of piperazine rings is 1. The molecule has 17 heavy (non-hydrogen) atoms. The quantitative estimate of drug-likeness (QED) is 0.863. The zero-order valence-electron chi connectivity index (χ0n) is 9.08. The van der Waals surface area contributed by atoms with Gasteiger partial charge in [-0.05, 0) is 18.2 Å². The fraction of sp³-hybridized carbons (Fsp3) is 0.364. The van der Waals surface area contributed by atoms with E-state index in [4.69, 9.17) is 23.2 Å². The third-order valence-corrected chi connectivity index (χ3v) is 3.13. The fourth-order valence-corrected chi connectivity index (χ4v) is 2.07. The van der Waals surface area contributed by atoms with Crippen molar-refractivity contribution in [3.63, 3.8) is 0 Å². The number of benzene rings is 1. The van der Waals surface area contributed by atoms with Crippen molar-refractivity contribution in [3.8, 4) is 0 Å². The number of nitrogens with zero attached hydrogens (tertiary/aromatic N) is 1. The Kier molecular flexibility index (Phi) is 5.53. The van der Waals surface area contributed by atoms with E-state index >= 15 is 0 Å². The van der Waals surface area contributed by atoms with E-state index in [1.165, 1.54) is 0 Å². The average molecular weight is 296 g/mol. The minimum Gasteiger partial charge on any atom is -0.336 e. The number of nitrogens with one attached hydrogen (secondary N) is 1. The monoisotopic (exact) mass is 294 g/mol. The van der Waals surface area contributed by atoms with Crippen molar-refractivity contribution in [2.45, 2.75) is 0 Å². The highest BCUT2D eigenvalue weighted by Crippen LogP contribution is 2.22. The zero-order chi connectivity index (χ0) is 11.5. The molecule has 0 atom stereocenters. The van der Waals surface area contributed by atoms with Crippen LogP contribution >= 0.6 is 35.6 Å². The second kappa shape index (κ2) is 6.45. The Morgan fingerprint density at radius 3 is 2.53 bits per heavy atom. The third-order valence-electron chi connectivity index (χ3n) is 2.56. The first kappa shape index (κ1) is 14.6. The molecule has 2 rings (SSSR count). The number of carbonyl (C=O) groups is 1. The van der Waals surface area contributed by atoms with Gasteiger partial charge in [0.15, 0.2) is 0 Å². The van der Waals surface area contributed by atoms with E-state index in [1.54, 1.807) is 23.1 Å². The molecular weight excluding hydrogens is 282 g/mol. The van der Waals surface area contributed by atoms with Crippen molar-refractivity contribution >= 4 is 41.5 Å². The highest BCUT2D eigenvalue weighted by atomic mass is 35.5. The smallest absolute Gasteiger partial charge is 0.255 e. The molecule has 94 valence electrons. The van der Waals surface area contributed by atoms with Crippen molar-refractivity contribution in [2.24, 2.45) is 0 Å². The summed E-state index contributed by atoms with van der Waals surface area (Å²) in [6.07, 6.45) is 0. The summed E-state index contributed by atoms with van der Waals surface area (Å²) < 4.78 is 0. The zero-order valence-corrected chi connectivity index (χ0v) is 11.4. The van der Waals surface area contributed by atoms with Gasteiger partial charge in [0.1, 0.15) is 0 Å². The topological polar surface area (TPSA) is 32.3 Å². The first-order valence-corrected chi connectivity index (χ1v) is 5.89. The first-order chi connectivity index (χ1) is 7.68. The maximum Gasteiger partial charge on any atom is 0.255 e. The molecule has 1 aromatic carbocycles. The normalized spacial score (nSPS) is 15.3. The molecular formula is C11H13Cl3N2O. The van der Waals surface area contributed by atoms with Crippen molar-refractivity contribution in [1.82, 2.24) is 10.2 Å². The molecule has 1 aliphatic rings. The summed E-state index contributed by atoms with van der Waals surface area (Å²) in [7, 11) is 0. The Hall–Kier alpha value is -0.480. The van der Waals surface area contributed by atoms with Gasteiger partial charge in [-0.1, -0.05) is 23.2 Å². The number of hydrogen-bond donors (Lipinski definition) is 1. The van der Waals surface area contributed by atoms with Crippen LogP contribution in [0.3, 0.4) is 0 Å².